The molecule has 2 aliphatic rings. The fraction of sp³-hybridized carbons (Fsp3) is 0.370. The van der Waals surface area contributed by atoms with Gasteiger partial charge in [0.25, 0.3) is 17.7 Å². The predicted octanol–water partition coefficient (Wildman–Crippen LogP) is 4.22. The molecule has 1 saturated carbocycles. The molecule has 198 valence electrons. The van der Waals surface area contributed by atoms with Crippen LogP contribution in [-0.4, -0.2) is 62.1 Å². The molecule has 0 spiro atoms. The number of fused-ring (bicyclic) bond motifs is 2. The third-order valence-corrected chi connectivity index (χ3v) is 7.69. The first kappa shape index (κ1) is 24.4. The van der Waals surface area contributed by atoms with E-state index in [1.54, 1.807) is 59.9 Å². The molecule has 3 aromatic heterocycles. The van der Waals surface area contributed by atoms with Crippen LogP contribution in [0, 0.1) is 13.8 Å². The number of aliphatic hydroxyl groups is 1. The normalized spacial score (nSPS) is 22.3. The number of carbonyl (C=O) groups is 2. The number of hydrogen-bond donors (Lipinski definition) is 2. The van der Waals surface area contributed by atoms with Crippen molar-refractivity contribution in [3.8, 4) is 11.5 Å². The van der Waals surface area contributed by atoms with Crippen LogP contribution in [0.15, 0.2) is 41.1 Å². The summed E-state index contributed by atoms with van der Waals surface area (Å²) in [4.78, 5) is 27.4. The summed E-state index contributed by atoms with van der Waals surface area (Å²) < 4.78 is 40.8. The third kappa shape index (κ3) is 3.72. The zero-order valence-electron chi connectivity index (χ0n) is 21.0. The fourth-order valence-electron chi connectivity index (χ4n) is 5.12. The number of nitrogens with one attached hydrogen (secondary N) is 1. The van der Waals surface area contributed by atoms with Crippen LogP contribution in [0.5, 0.6) is 11.5 Å². The average Bonchev–Trinajstić information content (AvgIpc) is 3.40. The lowest BCUT2D eigenvalue weighted by molar-refractivity contribution is -0.102. The monoisotopic (exact) mass is 524 g/mol. The van der Waals surface area contributed by atoms with Crippen molar-refractivity contribution in [2.24, 2.45) is 0 Å². The minimum Gasteiger partial charge on any atom is -0.460 e. The number of benzene rings is 1. The number of ether oxygens (including phenoxy) is 1. The summed E-state index contributed by atoms with van der Waals surface area (Å²) in [5.74, 6) is -2.48. The summed E-state index contributed by atoms with van der Waals surface area (Å²) in [7, 11) is 0. The second-order valence-electron chi connectivity index (χ2n) is 10.0. The van der Waals surface area contributed by atoms with E-state index in [9.17, 15) is 23.5 Å². The Morgan fingerprint density at radius 2 is 2.05 bits per heavy atom. The average molecular weight is 525 g/mol. The Labute approximate surface area is 216 Å². The van der Waals surface area contributed by atoms with E-state index in [0.29, 0.717) is 44.9 Å². The van der Waals surface area contributed by atoms with Crippen molar-refractivity contribution < 1.29 is 32.6 Å². The summed E-state index contributed by atoms with van der Waals surface area (Å²) in [6.07, 6.45) is 2.67. The van der Waals surface area contributed by atoms with Crippen molar-refractivity contribution in [1.29, 1.82) is 0 Å². The van der Waals surface area contributed by atoms with Gasteiger partial charge in [0.2, 0.25) is 0 Å². The minimum atomic E-state index is -2.89. The van der Waals surface area contributed by atoms with Gasteiger partial charge in [0.15, 0.2) is 5.75 Å². The lowest BCUT2D eigenvalue weighted by atomic mass is 9.87. The maximum atomic E-state index is 13.7. The number of carbonyl (C=O) groups excluding carboxylic acids is 2. The molecule has 0 radical (unpaired) electrons. The zero-order valence-corrected chi connectivity index (χ0v) is 21.0. The number of furan rings is 1. The highest BCUT2D eigenvalue weighted by molar-refractivity contribution is 6.07. The van der Waals surface area contributed by atoms with Gasteiger partial charge in [-0.3, -0.25) is 9.59 Å². The smallest absolute Gasteiger partial charge is 0.267 e. The van der Waals surface area contributed by atoms with Crippen molar-refractivity contribution >= 4 is 28.3 Å². The van der Waals surface area contributed by atoms with Crippen molar-refractivity contribution in [3.05, 3.63) is 59.1 Å². The largest absolute Gasteiger partial charge is 0.460 e. The summed E-state index contributed by atoms with van der Waals surface area (Å²) in [5, 5.41) is 17.0. The van der Waals surface area contributed by atoms with Gasteiger partial charge in [0.1, 0.15) is 22.6 Å². The molecule has 1 unspecified atom stereocenters. The molecule has 1 aliphatic heterocycles. The number of halogens is 2. The van der Waals surface area contributed by atoms with Gasteiger partial charge in [0, 0.05) is 36.7 Å². The lowest BCUT2D eigenvalue weighted by Crippen LogP contribution is -2.60. The highest BCUT2D eigenvalue weighted by Crippen LogP contribution is 2.39. The number of likely N-dealkylation sites (tertiary alicyclic amines) is 1. The summed E-state index contributed by atoms with van der Waals surface area (Å²) in [5.41, 5.74) is 2.37. The van der Waals surface area contributed by atoms with Crippen LogP contribution in [0.25, 0.3) is 16.5 Å². The molecule has 1 aliphatic carbocycles. The fourth-order valence-corrected chi connectivity index (χ4v) is 5.12. The molecule has 9 nitrogen and oxygen atoms in total. The molecule has 38 heavy (non-hydrogen) atoms. The number of nitrogens with zero attached hydrogens (tertiary/aromatic N) is 3. The maximum Gasteiger partial charge on any atom is 0.267 e. The van der Waals surface area contributed by atoms with Gasteiger partial charge >= 0.3 is 0 Å². The molecule has 0 bridgehead atoms. The SMILES string of the molecule is Cc1oc2cc(Oc3ccnn4cc(C(=O)N5C[C@@H](O)[C@H]5C)c(C)c34)ccc2c1C(=O)NC1CCC1(F)F. The Kier molecular flexibility index (Phi) is 5.46. The standard InChI is InChI=1S/C27H26F2N4O5/c1-13-18(26(36)32-12-19(34)14(32)2)11-33-24(13)20(7-9-30-33)38-16-4-5-17-21(10-16)37-15(3)23(17)25(35)31-22-6-8-27(22,28)29/h4-5,7,9-11,14,19,22,34H,6,8,12H2,1-3H3,(H,31,35)/t14-,19-,22?/m1/s1. The number of alkyl halides is 2. The minimum absolute atomic E-state index is 0.185. The van der Waals surface area contributed by atoms with E-state index in [1.165, 1.54) is 0 Å². The molecule has 2 fully saturated rings. The molecule has 6 rings (SSSR count). The van der Waals surface area contributed by atoms with E-state index in [-0.39, 0.29) is 36.9 Å². The van der Waals surface area contributed by atoms with E-state index in [4.69, 9.17) is 9.15 Å². The quantitative estimate of drug-likeness (QED) is 0.405. The van der Waals surface area contributed by atoms with E-state index >= 15 is 0 Å². The van der Waals surface area contributed by atoms with Crippen molar-refractivity contribution in [2.45, 2.75) is 57.7 Å². The first-order chi connectivity index (χ1) is 18.0. The van der Waals surface area contributed by atoms with E-state index < -0.39 is 24.0 Å². The number of aliphatic hydroxyl groups excluding tert-OH is 1. The molecule has 3 atom stereocenters. The van der Waals surface area contributed by atoms with Crippen LogP contribution < -0.4 is 10.1 Å². The topological polar surface area (TPSA) is 109 Å². The van der Waals surface area contributed by atoms with Gasteiger partial charge in [-0.25, -0.2) is 13.3 Å². The Balaban J connectivity index is 1.28. The van der Waals surface area contributed by atoms with Gasteiger partial charge in [-0.15, -0.1) is 0 Å². The summed E-state index contributed by atoms with van der Waals surface area (Å²) >= 11 is 0. The molecule has 2 N–H and O–H groups in total. The second-order valence-corrected chi connectivity index (χ2v) is 10.0. The molecule has 4 aromatic rings. The maximum absolute atomic E-state index is 13.7. The number of hydrogen-bond acceptors (Lipinski definition) is 6. The zero-order chi connectivity index (χ0) is 26.9. The van der Waals surface area contributed by atoms with Crippen molar-refractivity contribution in [1.82, 2.24) is 19.8 Å². The van der Waals surface area contributed by atoms with Crippen molar-refractivity contribution in [3.63, 3.8) is 0 Å². The van der Waals surface area contributed by atoms with Crippen LogP contribution in [0.1, 0.15) is 51.8 Å². The Morgan fingerprint density at radius 3 is 2.71 bits per heavy atom. The second kappa shape index (κ2) is 8.52. The van der Waals surface area contributed by atoms with Crippen LogP contribution in [0.4, 0.5) is 8.78 Å². The number of rotatable bonds is 5. The highest BCUT2D eigenvalue weighted by Gasteiger charge is 2.49. The van der Waals surface area contributed by atoms with Gasteiger partial charge in [-0.2, -0.15) is 5.10 Å². The lowest BCUT2D eigenvalue weighted by Gasteiger charge is -2.43. The van der Waals surface area contributed by atoms with Gasteiger partial charge in [-0.05, 0) is 44.9 Å². The predicted molar refractivity (Wildman–Crippen MR) is 133 cm³/mol. The van der Waals surface area contributed by atoms with Crippen LogP contribution in [-0.2, 0) is 0 Å². The molecule has 2 amide bonds. The molecule has 1 saturated heterocycles. The third-order valence-electron chi connectivity index (χ3n) is 7.69. The number of β-amino-alcohol motifs (C(OH)–C–C–N with tert-alkyl or cyclic N) is 1. The first-order valence-corrected chi connectivity index (χ1v) is 12.4. The van der Waals surface area contributed by atoms with Gasteiger partial charge in [-0.1, -0.05) is 0 Å². The Morgan fingerprint density at radius 1 is 1.26 bits per heavy atom. The number of aromatic nitrogens is 2. The summed E-state index contributed by atoms with van der Waals surface area (Å²) in [6, 6.07) is 5.20. The number of aryl methyl sites for hydroxylation is 2. The Hall–Kier alpha value is -3.99. The summed E-state index contributed by atoms with van der Waals surface area (Å²) in [6.45, 7) is 5.51. The van der Waals surface area contributed by atoms with E-state index in [2.05, 4.69) is 10.4 Å². The van der Waals surface area contributed by atoms with Crippen molar-refractivity contribution in [2.75, 3.05) is 6.54 Å². The first-order valence-electron chi connectivity index (χ1n) is 12.4. The van der Waals surface area contributed by atoms with E-state index in [0.717, 1.165) is 0 Å². The van der Waals surface area contributed by atoms with Crippen LogP contribution in [0.3, 0.4) is 0 Å². The molecule has 1 aromatic carbocycles. The van der Waals surface area contributed by atoms with Gasteiger partial charge < -0.3 is 24.5 Å². The molecular formula is C27H26F2N4O5. The van der Waals surface area contributed by atoms with Crippen LogP contribution in [0.2, 0.25) is 0 Å². The van der Waals surface area contributed by atoms with Crippen LogP contribution >= 0.6 is 0 Å². The number of amides is 2. The van der Waals surface area contributed by atoms with E-state index in [1.807, 2.05) is 6.92 Å². The Bertz CT molecular complexity index is 1610. The highest BCUT2D eigenvalue weighted by atomic mass is 19.3. The van der Waals surface area contributed by atoms with Gasteiger partial charge in [0.05, 0.1) is 35.5 Å². The molecule has 4 heterocycles. The molecule has 11 heteroatoms. The molecular weight excluding hydrogens is 498 g/mol.